The Labute approximate surface area is 118 Å². The third-order valence-corrected chi connectivity index (χ3v) is 4.19. The molecule has 0 saturated carbocycles. The van der Waals surface area contributed by atoms with Gasteiger partial charge in [0, 0.05) is 23.9 Å². The molecule has 0 amide bonds. The highest BCUT2D eigenvalue weighted by atomic mass is 14.9. The molecule has 2 atom stereocenters. The summed E-state index contributed by atoms with van der Waals surface area (Å²) in [5.41, 5.74) is 3.08. The van der Waals surface area contributed by atoms with E-state index in [-0.39, 0.29) is 5.41 Å². The first-order valence-electron chi connectivity index (χ1n) is 7.71. The van der Waals surface area contributed by atoms with E-state index in [1.54, 1.807) is 0 Å². The normalized spacial score (nSPS) is 20.9. The maximum atomic E-state index is 4.70. The van der Waals surface area contributed by atoms with Crippen LogP contribution in [0.15, 0.2) is 18.3 Å². The van der Waals surface area contributed by atoms with Gasteiger partial charge >= 0.3 is 0 Å². The Morgan fingerprint density at radius 1 is 1.42 bits per heavy atom. The van der Waals surface area contributed by atoms with Crippen molar-refractivity contribution in [3.8, 4) is 0 Å². The smallest absolute Gasteiger partial charge is 0.0482 e. The Morgan fingerprint density at radius 2 is 2.21 bits per heavy atom. The fraction of sp³-hybridized carbons (Fsp3) is 0.706. The van der Waals surface area contributed by atoms with Crippen LogP contribution in [0, 0.1) is 5.41 Å². The zero-order valence-electron chi connectivity index (χ0n) is 12.9. The maximum absolute atomic E-state index is 4.70. The number of hydrogen-bond acceptors (Lipinski definition) is 2. The molecule has 2 rings (SSSR count). The highest BCUT2D eigenvalue weighted by molar-refractivity contribution is 5.28. The van der Waals surface area contributed by atoms with Crippen molar-refractivity contribution in [2.75, 3.05) is 6.54 Å². The van der Waals surface area contributed by atoms with Gasteiger partial charge in [-0.2, -0.15) is 0 Å². The molecule has 1 N–H and O–H groups in total. The average molecular weight is 260 g/mol. The first-order valence-corrected chi connectivity index (χ1v) is 7.71. The number of nitrogens with one attached hydrogen (secondary N) is 1. The third-order valence-electron chi connectivity index (χ3n) is 4.19. The average Bonchev–Trinajstić information content (AvgIpc) is 2.38. The number of rotatable bonds is 4. The first kappa shape index (κ1) is 14.5. The second kappa shape index (κ2) is 6.04. The van der Waals surface area contributed by atoms with Gasteiger partial charge in [0.05, 0.1) is 0 Å². The molecule has 0 fully saturated rings. The molecular formula is C17H28N2. The van der Waals surface area contributed by atoms with Crippen molar-refractivity contribution in [3.63, 3.8) is 0 Å². The van der Waals surface area contributed by atoms with Crippen molar-refractivity contribution in [2.24, 2.45) is 5.41 Å². The predicted molar refractivity (Wildman–Crippen MR) is 81.5 cm³/mol. The third kappa shape index (κ3) is 3.36. The van der Waals surface area contributed by atoms with E-state index in [2.05, 4.69) is 45.1 Å². The number of aromatic nitrogens is 1. The monoisotopic (exact) mass is 260 g/mol. The molecule has 106 valence electrons. The van der Waals surface area contributed by atoms with Crippen LogP contribution in [-0.4, -0.2) is 17.6 Å². The number of fused-ring (bicyclic) bond motifs is 1. The molecule has 1 aromatic heterocycles. The fourth-order valence-corrected chi connectivity index (χ4v) is 3.32. The van der Waals surface area contributed by atoms with Crippen molar-refractivity contribution in [3.05, 3.63) is 29.6 Å². The summed E-state index contributed by atoms with van der Waals surface area (Å²) in [7, 11) is 0. The van der Waals surface area contributed by atoms with E-state index in [9.17, 15) is 0 Å². The first-order chi connectivity index (χ1) is 9.04. The van der Waals surface area contributed by atoms with Crippen LogP contribution in [0.5, 0.6) is 0 Å². The van der Waals surface area contributed by atoms with Crippen LogP contribution in [0.2, 0.25) is 0 Å². The molecule has 2 nitrogen and oxygen atoms in total. The number of nitrogens with zero attached hydrogens (tertiary/aromatic N) is 1. The van der Waals surface area contributed by atoms with Crippen LogP contribution in [0.25, 0.3) is 0 Å². The summed E-state index contributed by atoms with van der Waals surface area (Å²) in [6.45, 7) is 10.4. The van der Waals surface area contributed by atoms with E-state index in [1.807, 2.05) is 6.20 Å². The second-order valence-electron chi connectivity index (χ2n) is 6.84. The Morgan fingerprint density at radius 3 is 2.89 bits per heavy atom. The quantitative estimate of drug-likeness (QED) is 0.887. The van der Waals surface area contributed by atoms with Gasteiger partial charge in [0.25, 0.3) is 0 Å². The molecule has 2 unspecified atom stereocenters. The van der Waals surface area contributed by atoms with Gasteiger partial charge in [-0.15, -0.1) is 0 Å². The topological polar surface area (TPSA) is 24.9 Å². The number of aryl methyl sites for hydroxylation is 1. The lowest BCUT2D eigenvalue weighted by molar-refractivity contribution is 0.216. The van der Waals surface area contributed by atoms with E-state index in [1.165, 1.54) is 36.9 Å². The summed E-state index contributed by atoms with van der Waals surface area (Å²) < 4.78 is 0. The van der Waals surface area contributed by atoms with Gasteiger partial charge in [-0.1, -0.05) is 33.8 Å². The molecule has 0 saturated heterocycles. The number of pyridine rings is 1. The Hall–Kier alpha value is -0.890. The Balaban J connectivity index is 2.27. The van der Waals surface area contributed by atoms with Crippen molar-refractivity contribution >= 4 is 0 Å². The van der Waals surface area contributed by atoms with Crippen LogP contribution >= 0.6 is 0 Å². The minimum absolute atomic E-state index is 0.270. The zero-order chi connectivity index (χ0) is 13.9. The van der Waals surface area contributed by atoms with E-state index in [4.69, 9.17) is 4.98 Å². The van der Waals surface area contributed by atoms with Crippen molar-refractivity contribution < 1.29 is 0 Å². The largest absolute Gasteiger partial charge is 0.313 e. The van der Waals surface area contributed by atoms with Gasteiger partial charge < -0.3 is 5.32 Å². The van der Waals surface area contributed by atoms with Gasteiger partial charge in [0.15, 0.2) is 0 Å². The molecular weight excluding hydrogens is 232 g/mol. The molecule has 19 heavy (non-hydrogen) atoms. The highest BCUT2D eigenvalue weighted by Crippen LogP contribution is 2.38. The molecule has 1 heterocycles. The van der Waals surface area contributed by atoms with Crippen LogP contribution < -0.4 is 5.32 Å². The lowest BCUT2D eigenvalue weighted by Gasteiger charge is -2.40. The molecule has 1 aliphatic rings. The van der Waals surface area contributed by atoms with Crippen molar-refractivity contribution in [1.82, 2.24) is 10.3 Å². The summed E-state index contributed by atoms with van der Waals surface area (Å²) in [6.07, 6.45) is 6.90. The second-order valence-corrected chi connectivity index (χ2v) is 6.84. The highest BCUT2D eigenvalue weighted by Gasteiger charge is 2.35. The summed E-state index contributed by atoms with van der Waals surface area (Å²) >= 11 is 0. The predicted octanol–water partition coefficient (Wildman–Crippen LogP) is 3.92. The molecule has 2 heteroatoms. The molecule has 0 bridgehead atoms. The molecule has 1 aliphatic carbocycles. The van der Waals surface area contributed by atoms with Crippen LogP contribution in [0.1, 0.15) is 64.1 Å². The van der Waals surface area contributed by atoms with Gasteiger partial charge in [0.1, 0.15) is 0 Å². The zero-order valence-corrected chi connectivity index (χ0v) is 12.9. The van der Waals surface area contributed by atoms with E-state index < -0.39 is 0 Å². The van der Waals surface area contributed by atoms with Gasteiger partial charge in [-0.25, -0.2) is 0 Å². The van der Waals surface area contributed by atoms with Gasteiger partial charge in [-0.05, 0) is 49.3 Å². The molecule has 0 aromatic carbocycles. The molecule has 1 aromatic rings. The van der Waals surface area contributed by atoms with Crippen LogP contribution in [-0.2, 0) is 6.42 Å². The SMILES string of the molecule is CCCNC(C1CCCc2cccnc21)C(C)(C)C. The van der Waals surface area contributed by atoms with Crippen molar-refractivity contribution in [2.45, 2.75) is 65.3 Å². The lowest BCUT2D eigenvalue weighted by atomic mass is 9.72. The number of hydrogen-bond donors (Lipinski definition) is 1. The van der Waals surface area contributed by atoms with Gasteiger partial charge in [-0.3, -0.25) is 4.98 Å². The van der Waals surface area contributed by atoms with Crippen molar-refractivity contribution in [1.29, 1.82) is 0 Å². The summed E-state index contributed by atoms with van der Waals surface area (Å²) in [5, 5.41) is 3.78. The fourth-order valence-electron chi connectivity index (χ4n) is 3.32. The van der Waals surface area contributed by atoms with Crippen LogP contribution in [0.3, 0.4) is 0 Å². The summed E-state index contributed by atoms with van der Waals surface area (Å²) in [6, 6.07) is 4.85. The molecule has 0 spiro atoms. The minimum Gasteiger partial charge on any atom is -0.313 e. The standard InChI is InChI=1S/C17H28N2/c1-5-11-19-16(17(2,3)4)14-10-6-8-13-9-7-12-18-15(13)14/h7,9,12,14,16,19H,5-6,8,10-11H2,1-4H3. The minimum atomic E-state index is 0.270. The Kier molecular flexibility index (Phi) is 4.62. The lowest BCUT2D eigenvalue weighted by Crippen LogP contribution is -2.46. The maximum Gasteiger partial charge on any atom is 0.0482 e. The van der Waals surface area contributed by atoms with Gasteiger partial charge in [0.2, 0.25) is 0 Å². The molecule has 0 aliphatic heterocycles. The van der Waals surface area contributed by atoms with Crippen LogP contribution in [0.4, 0.5) is 0 Å². The molecule has 0 radical (unpaired) electrons. The summed E-state index contributed by atoms with van der Waals surface area (Å²) in [4.78, 5) is 4.70. The van der Waals surface area contributed by atoms with E-state index in [0.717, 1.165) is 6.54 Å². The van der Waals surface area contributed by atoms with E-state index >= 15 is 0 Å². The summed E-state index contributed by atoms with van der Waals surface area (Å²) in [5.74, 6) is 0.566. The Bertz CT molecular complexity index is 406. The van der Waals surface area contributed by atoms with E-state index in [0.29, 0.717) is 12.0 Å².